The summed E-state index contributed by atoms with van der Waals surface area (Å²) >= 11 is 0. The number of aliphatic hydroxyl groups excluding tert-OH is 1. The highest BCUT2D eigenvalue weighted by atomic mass is 16.5. The van der Waals surface area contributed by atoms with Crippen LogP contribution < -0.4 is 10.5 Å². The molecular weight excluding hydrogens is 274 g/mol. The molecule has 22 heavy (non-hydrogen) atoms. The highest BCUT2D eigenvalue weighted by Crippen LogP contribution is 2.39. The van der Waals surface area contributed by atoms with Crippen LogP contribution in [0.1, 0.15) is 69.8 Å². The molecule has 0 spiro atoms. The first kappa shape index (κ1) is 17.3. The Bertz CT molecular complexity index is 432. The Morgan fingerprint density at radius 2 is 1.91 bits per heavy atom. The second-order valence-electron chi connectivity index (χ2n) is 6.79. The van der Waals surface area contributed by atoms with Crippen molar-refractivity contribution in [3.63, 3.8) is 0 Å². The zero-order chi connectivity index (χ0) is 15.8. The van der Waals surface area contributed by atoms with Crippen LogP contribution in [-0.2, 0) is 0 Å². The largest absolute Gasteiger partial charge is 0.494 e. The molecule has 1 aliphatic rings. The van der Waals surface area contributed by atoms with Gasteiger partial charge >= 0.3 is 0 Å². The van der Waals surface area contributed by atoms with E-state index in [4.69, 9.17) is 10.5 Å². The number of hydrogen-bond acceptors (Lipinski definition) is 3. The van der Waals surface area contributed by atoms with Gasteiger partial charge in [-0.15, -0.1) is 0 Å². The third-order valence-electron chi connectivity index (χ3n) is 4.83. The maximum Gasteiger partial charge on any atom is 0.119 e. The van der Waals surface area contributed by atoms with Gasteiger partial charge in [-0.2, -0.15) is 0 Å². The first-order valence-corrected chi connectivity index (χ1v) is 8.79. The molecule has 1 aromatic carbocycles. The molecule has 0 aliphatic heterocycles. The van der Waals surface area contributed by atoms with Crippen LogP contribution in [-0.4, -0.2) is 23.9 Å². The Balaban J connectivity index is 1.74. The molecule has 2 atom stereocenters. The van der Waals surface area contributed by atoms with Crippen LogP contribution in [0.5, 0.6) is 5.75 Å². The molecule has 1 aliphatic carbocycles. The van der Waals surface area contributed by atoms with Gasteiger partial charge in [0.1, 0.15) is 5.75 Å². The predicted octanol–water partition coefficient (Wildman–Crippen LogP) is 3.99. The number of rotatable bonds is 9. The average molecular weight is 305 g/mol. The van der Waals surface area contributed by atoms with E-state index in [0.717, 1.165) is 38.0 Å². The molecule has 1 fully saturated rings. The van der Waals surface area contributed by atoms with Gasteiger partial charge in [0, 0.05) is 5.54 Å². The van der Waals surface area contributed by atoms with Gasteiger partial charge in [0.15, 0.2) is 0 Å². The van der Waals surface area contributed by atoms with Crippen molar-refractivity contribution in [3.05, 3.63) is 29.8 Å². The lowest BCUT2D eigenvalue weighted by Gasteiger charge is -2.21. The van der Waals surface area contributed by atoms with Crippen molar-refractivity contribution < 1.29 is 9.84 Å². The summed E-state index contributed by atoms with van der Waals surface area (Å²) in [6.45, 7) is 3.13. The summed E-state index contributed by atoms with van der Waals surface area (Å²) in [5, 5.41) is 9.36. The predicted molar refractivity (Wildman–Crippen MR) is 91.3 cm³/mol. The summed E-state index contributed by atoms with van der Waals surface area (Å²) in [4.78, 5) is 0. The van der Waals surface area contributed by atoms with Crippen molar-refractivity contribution in [2.75, 3.05) is 13.2 Å². The van der Waals surface area contributed by atoms with E-state index in [1.54, 1.807) is 0 Å². The zero-order valence-electron chi connectivity index (χ0n) is 13.9. The summed E-state index contributed by atoms with van der Waals surface area (Å²) in [6.07, 6.45) is 9.16. The standard InChI is InChI=1S/C19H31NO2/c1-2-3-4-5-6-13-22-18-9-7-16(8-10-18)17-11-12-19(20,14-17)15-21/h7-10,17,21H,2-6,11-15,20H2,1H3/t17-,19+/m1/s1. The smallest absolute Gasteiger partial charge is 0.119 e. The van der Waals surface area contributed by atoms with Crippen LogP contribution in [0.2, 0.25) is 0 Å². The Labute approximate surface area is 134 Å². The average Bonchev–Trinajstić information content (AvgIpc) is 2.94. The highest BCUT2D eigenvalue weighted by molar-refractivity contribution is 5.30. The highest BCUT2D eigenvalue weighted by Gasteiger charge is 2.35. The summed E-state index contributed by atoms with van der Waals surface area (Å²) < 4.78 is 5.80. The molecule has 0 aromatic heterocycles. The van der Waals surface area contributed by atoms with Crippen LogP contribution in [0, 0.1) is 0 Å². The number of aliphatic hydroxyl groups is 1. The van der Waals surface area contributed by atoms with E-state index in [-0.39, 0.29) is 12.1 Å². The maximum atomic E-state index is 9.36. The van der Waals surface area contributed by atoms with Crippen molar-refractivity contribution in [2.45, 2.75) is 69.7 Å². The lowest BCUT2D eigenvalue weighted by atomic mass is 9.94. The molecule has 3 heteroatoms. The molecule has 1 aromatic rings. The number of nitrogens with two attached hydrogens (primary N) is 1. The van der Waals surface area contributed by atoms with Crippen molar-refractivity contribution in [3.8, 4) is 5.75 Å². The molecule has 0 heterocycles. The maximum absolute atomic E-state index is 9.36. The van der Waals surface area contributed by atoms with E-state index in [0.29, 0.717) is 5.92 Å². The zero-order valence-corrected chi connectivity index (χ0v) is 13.9. The fourth-order valence-electron chi connectivity index (χ4n) is 3.32. The normalized spacial score (nSPS) is 24.6. The first-order chi connectivity index (χ1) is 10.7. The molecule has 3 N–H and O–H groups in total. The van der Waals surface area contributed by atoms with E-state index in [1.165, 1.54) is 31.2 Å². The van der Waals surface area contributed by atoms with Crippen LogP contribution >= 0.6 is 0 Å². The number of ether oxygens (including phenoxy) is 1. The van der Waals surface area contributed by atoms with Crippen LogP contribution in [0.25, 0.3) is 0 Å². The Morgan fingerprint density at radius 1 is 1.18 bits per heavy atom. The SMILES string of the molecule is CCCCCCCOc1ccc([C@@H]2CC[C@@](N)(CO)C2)cc1. The van der Waals surface area contributed by atoms with Crippen LogP contribution in [0.15, 0.2) is 24.3 Å². The molecule has 1 saturated carbocycles. The minimum atomic E-state index is -0.377. The molecule has 0 bridgehead atoms. The molecule has 2 rings (SSSR count). The number of hydrogen-bond donors (Lipinski definition) is 2. The summed E-state index contributed by atoms with van der Waals surface area (Å²) in [6, 6.07) is 8.44. The van der Waals surface area contributed by atoms with E-state index in [1.807, 2.05) is 0 Å². The lowest BCUT2D eigenvalue weighted by Crippen LogP contribution is -2.40. The fraction of sp³-hybridized carbons (Fsp3) is 0.684. The summed E-state index contributed by atoms with van der Waals surface area (Å²) in [7, 11) is 0. The van der Waals surface area contributed by atoms with Crippen LogP contribution in [0.3, 0.4) is 0 Å². The molecule has 3 nitrogen and oxygen atoms in total. The van der Waals surface area contributed by atoms with Gasteiger partial charge in [-0.05, 0) is 49.3 Å². The molecule has 0 saturated heterocycles. The van der Waals surface area contributed by atoms with Crippen LogP contribution in [0.4, 0.5) is 0 Å². The van der Waals surface area contributed by atoms with E-state index in [2.05, 4.69) is 31.2 Å². The summed E-state index contributed by atoms with van der Waals surface area (Å²) in [5.41, 5.74) is 7.10. The Hall–Kier alpha value is -1.06. The van der Waals surface area contributed by atoms with Gasteiger partial charge in [-0.1, -0.05) is 44.7 Å². The van der Waals surface area contributed by atoms with Gasteiger partial charge in [0.2, 0.25) is 0 Å². The van der Waals surface area contributed by atoms with Crippen molar-refractivity contribution in [1.29, 1.82) is 0 Å². The fourth-order valence-corrected chi connectivity index (χ4v) is 3.32. The minimum absolute atomic E-state index is 0.0860. The third-order valence-corrected chi connectivity index (χ3v) is 4.83. The van der Waals surface area contributed by atoms with E-state index >= 15 is 0 Å². The summed E-state index contributed by atoms with van der Waals surface area (Å²) in [5.74, 6) is 1.43. The van der Waals surface area contributed by atoms with Gasteiger partial charge in [0.05, 0.1) is 13.2 Å². The molecular formula is C19H31NO2. The van der Waals surface area contributed by atoms with E-state index in [9.17, 15) is 5.11 Å². The minimum Gasteiger partial charge on any atom is -0.494 e. The van der Waals surface area contributed by atoms with Crippen molar-refractivity contribution in [1.82, 2.24) is 0 Å². The second kappa shape index (κ2) is 8.54. The molecule has 0 amide bonds. The number of benzene rings is 1. The molecule has 0 unspecified atom stereocenters. The second-order valence-corrected chi connectivity index (χ2v) is 6.79. The monoisotopic (exact) mass is 305 g/mol. The lowest BCUT2D eigenvalue weighted by molar-refractivity contribution is 0.198. The Morgan fingerprint density at radius 3 is 2.55 bits per heavy atom. The van der Waals surface area contributed by atoms with Gasteiger partial charge < -0.3 is 15.6 Å². The first-order valence-electron chi connectivity index (χ1n) is 8.79. The quantitative estimate of drug-likeness (QED) is 0.678. The van der Waals surface area contributed by atoms with Crippen molar-refractivity contribution in [2.24, 2.45) is 5.73 Å². The van der Waals surface area contributed by atoms with Gasteiger partial charge in [-0.3, -0.25) is 0 Å². The number of unbranched alkanes of at least 4 members (excludes halogenated alkanes) is 4. The van der Waals surface area contributed by atoms with Gasteiger partial charge in [-0.25, -0.2) is 0 Å². The van der Waals surface area contributed by atoms with E-state index < -0.39 is 0 Å². The Kier molecular flexibility index (Phi) is 6.71. The third kappa shape index (κ3) is 4.99. The van der Waals surface area contributed by atoms with Crippen molar-refractivity contribution >= 4 is 0 Å². The topological polar surface area (TPSA) is 55.5 Å². The van der Waals surface area contributed by atoms with Gasteiger partial charge in [0.25, 0.3) is 0 Å². The molecule has 124 valence electrons. The molecule has 0 radical (unpaired) electrons.